The molecule has 1 heterocycles. The van der Waals surface area contributed by atoms with Gasteiger partial charge in [-0.15, -0.1) is 4.99 Å². The first kappa shape index (κ1) is 9.52. The molecular formula is C8H13N5. The summed E-state index contributed by atoms with van der Waals surface area (Å²) in [4.78, 5) is 9.21. The fourth-order valence-corrected chi connectivity index (χ4v) is 1.25. The van der Waals surface area contributed by atoms with Crippen LogP contribution in [0.5, 0.6) is 0 Å². The van der Waals surface area contributed by atoms with E-state index < -0.39 is 0 Å². The number of nitrogens with two attached hydrogens (primary N) is 1. The quantitative estimate of drug-likeness (QED) is 0.357. The van der Waals surface area contributed by atoms with Crippen molar-refractivity contribution >= 4 is 12.3 Å². The Morgan fingerprint density at radius 2 is 2.08 bits per heavy atom. The maximum Gasteiger partial charge on any atom is 0.232 e. The molecule has 0 aromatic carbocycles. The third-order valence-corrected chi connectivity index (χ3v) is 1.91. The van der Waals surface area contributed by atoms with Gasteiger partial charge in [-0.2, -0.15) is 5.26 Å². The van der Waals surface area contributed by atoms with Crippen LogP contribution in [0.1, 0.15) is 19.3 Å². The van der Waals surface area contributed by atoms with Gasteiger partial charge in [0.1, 0.15) is 0 Å². The van der Waals surface area contributed by atoms with E-state index in [4.69, 9.17) is 11.0 Å². The first-order chi connectivity index (χ1) is 6.33. The summed E-state index contributed by atoms with van der Waals surface area (Å²) in [6.07, 6.45) is 6.92. The number of nitriles is 1. The Bertz CT molecular complexity index is 244. The van der Waals surface area contributed by atoms with Gasteiger partial charge in [-0.1, -0.05) is 0 Å². The van der Waals surface area contributed by atoms with Gasteiger partial charge < -0.3 is 10.6 Å². The van der Waals surface area contributed by atoms with Crippen molar-refractivity contribution in [2.45, 2.75) is 19.3 Å². The standard InChI is InChI=1S/C8H13N5/c9-6-11-8(10)12-7-13-4-2-1-3-5-13/h7H,1-5H2,(H2,10,11). The zero-order valence-electron chi connectivity index (χ0n) is 7.48. The number of hydrogen-bond acceptors (Lipinski definition) is 2. The van der Waals surface area contributed by atoms with Gasteiger partial charge in [0.15, 0.2) is 0 Å². The monoisotopic (exact) mass is 179 g/mol. The van der Waals surface area contributed by atoms with Crippen molar-refractivity contribution in [2.75, 3.05) is 13.1 Å². The Morgan fingerprint density at radius 1 is 1.38 bits per heavy atom. The summed E-state index contributed by atoms with van der Waals surface area (Å²) in [7, 11) is 0. The molecule has 5 heteroatoms. The molecule has 1 fully saturated rings. The summed E-state index contributed by atoms with van der Waals surface area (Å²) in [5.41, 5.74) is 5.30. The van der Waals surface area contributed by atoms with E-state index in [1.165, 1.54) is 19.3 Å². The molecule has 0 spiro atoms. The second kappa shape index (κ2) is 5.14. The fourth-order valence-electron chi connectivity index (χ4n) is 1.25. The lowest BCUT2D eigenvalue weighted by atomic mass is 10.1. The van der Waals surface area contributed by atoms with Gasteiger partial charge in [0.05, 0.1) is 6.34 Å². The predicted octanol–water partition coefficient (Wildman–Crippen LogP) is 0.296. The van der Waals surface area contributed by atoms with Crippen LogP contribution in [0.3, 0.4) is 0 Å². The van der Waals surface area contributed by atoms with Crippen molar-refractivity contribution in [2.24, 2.45) is 15.7 Å². The predicted molar refractivity (Wildman–Crippen MR) is 51.2 cm³/mol. The van der Waals surface area contributed by atoms with Crippen LogP contribution in [-0.4, -0.2) is 30.3 Å². The molecule has 70 valence electrons. The van der Waals surface area contributed by atoms with Crippen molar-refractivity contribution < 1.29 is 0 Å². The maximum atomic E-state index is 8.17. The number of aliphatic imine (C=N–C) groups is 2. The van der Waals surface area contributed by atoms with E-state index in [1.807, 2.05) is 0 Å². The second-order valence-corrected chi connectivity index (χ2v) is 2.91. The Morgan fingerprint density at radius 3 is 2.69 bits per heavy atom. The van der Waals surface area contributed by atoms with Gasteiger partial charge in [0, 0.05) is 13.1 Å². The number of guanidine groups is 1. The number of hydrogen-bond donors (Lipinski definition) is 1. The third kappa shape index (κ3) is 3.56. The van der Waals surface area contributed by atoms with Crippen molar-refractivity contribution in [1.29, 1.82) is 5.26 Å². The Labute approximate surface area is 77.6 Å². The molecule has 1 aliphatic heterocycles. The highest BCUT2D eigenvalue weighted by atomic mass is 15.2. The molecule has 5 nitrogen and oxygen atoms in total. The highest BCUT2D eigenvalue weighted by Crippen LogP contribution is 2.05. The molecule has 1 saturated heterocycles. The molecule has 1 rings (SSSR count). The molecule has 0 aliphatic carbocycles. The zero-order chi connectivity index (χ0) is 9.52. The van der Waals surface area contributed by atoms with Gasteiger partial charge in [-0.25, -0.2) is 4.99 Å². The van der Waals surface area contributed by atoms with Crippen LogP contribution >= 0.6 is 0 Å². The maximum absolute atomic E-state index is 8.17. The molecule has 0 bridgehead atoms. The molecule has 0 saturated carbocycles. The summed E-state index contributed by atoms with van der Waals surface area (Å²) in [6, 6.07) is 0. The normalized spacial score (nSPS) is 19.0. The summed E-state index contributed by atoms with van der Waals surface area (Å²) in [5.74, 6) is 0.0214. The van der Waals surface area contributed by atoms with Gasteiger partial charge in [0.2, 0.25) is 12.2 Å². The van der Waals surface area contributed by atoms with Crippen LogP contribution in [0, 0.1) is 11.5 Å². The SMILES string of the molecule is N#CN=C(N)N=CN1CCCCC1. The number of likely N-dealkylation sites (tertiary alicyclic amines) is 1. The van der Waals surface area contributed by atoms with Crippen LogP contribution < -0.4 is 5.73 Å². The van der Waals surface area contributed by atoms with Crippen LogP contribution in [0.2, 0.25) is 0 Å². The minimum absolute atomic E-state index is 0.0214. The molecule has 13 heavy (non-hydrogen) atoms. The van der Waals surface area contributed by atoms with E-state index in [1.54, 1.807) is 12.5 Å². The highest BCUT2D eigenvalue weighted by Gasteiger charge is 2.05. The molecular weight excluding hydrogens is 166 g/mol. The van der Waals surface area contributed by atoms with Gasteiger partial charge >= 0.3 is 0 Å². The summed E-state index contributed by atoms with van der Waals surface area (Å²) in [6.45, 7) is 2.03. The molecule has 0 amide bonds. The molecule has 0 atom stereocenters. The van der Waals surface area contributed by atoms with Gasteiger partial charge in [-0.05, 0) is 19.3 Å². The van der Waals surface area contributed by atoms with Crippen molar-refractivity contribution in [3.63, 3.8) is 0 Å². The average molecular weight is 179 g/mol. The molecule has 1 aliphatic rings. The van der Waals surface area contributed by atoms with E-state index in [0.29, 0.717) is 0 Å². The van der Waals surface area contributed by atoms with Crippen molar-refractivity contribution in [3.8, 4) is 6.19 Å². The largest absolute Gasteiger partial charge is 0.367 e. The Hall–Kier alpha value is -1.57. The van der Waals surface area contributed by atoms with Crippen molar-refractivity contribution in [3.05, 3.63) is 0 Å². The first-order valence-electron chi connectivity index (χ1n) is 4.33. The minimum Gasteiger partial charge on any atom is -0.367 e. The number of nitrogens with zero attached hydrogens (tertiary/aromatic N) is 4. The highest BCUT2D eigenvalue weighted by molar-refractivity contribution is 5.86. The lowest BCUT2D eigenvalue weighted by Crippen LogP contribution is -2.29. The lowest BCUT2D eigenvalue weighted by Gasteiger charge is -2.23. The number of rotatable bonds is 1. The molecule has 0 radical (unpaired) electrons. The van der Waals surface area contributed by atoms with Crippen LogP contribution in [-0.2, 0) is 0 Å². The van der Waals surface area contributed by atoms with E-state index in [9.17, 15) is 0 Å². The summed E-state index contributed by atoms with van der Waals surface area (Å²) < 4.78 is 0. The minimum atomic E-state index is 0.0214. The van der Waals surface area contributed by atoms with Crippen LogP contribution in [0.15, 0.2) is 9.98 Å². The number of piperidine rings is 1. The van der Waals surface area contributed by atoms with Crippen LogP contribution in [0.25, 0.3) is 0 Å². The topological polar surface area (TPSA) is 77.8 Å². The third-order valence-electron chi connectivity index (χ3n) is 1.91. The second-order valence-electron chi connectivity index (χ2n) is 2.91. The van der Waals surface area contributed by atoms with Crippen molar-refractivity contribution in [1.82, 2.24) is 4.90 Å². The van der Waals surface area contributed by atoms with E-state index in [-0.39, 0.29) is 5.96 Å². The summed E-state index contributed by atoms with van der Waals surface area (Å²) in [5, 5.41) is 8.17. The van der Waals surface area contributed by atoms with E-state index in [2.05, 4.69) is 14.9 Å². The first-order valence-corrected chi connectivity index (χ1v) is 4.33. The van der Waals surface area contributed by atoms with Gasteiger partial charge in [-0.3, -0.25) is 0 Å². The smallest absolute Gasteiger partial charge is 0.232 e. The average Bonchev–Trinajstić information content (AvgIpc) is 2.17. The van der Waals surface area contributed by atoms with E-state index >= 15 is 0 Å². The lowest BCUT2D eigenvalue weighted by molar-refractivity contribution is 0.351. The van der Waals surface area contributed by atoms with Crippen LogP contribution in [0.4, 0.5) is 0 Å². The molecule has 2 N–H and O–H groups in total. The van der Waals surface area contributed by atoms with E-state index in [0.717, 1.165) is 13.1 Å². The Balaban J connectivity index is 2.38. The Kier molecular flexibility index (Phi) is 3.76. The van der Waals surface area contributed by atoms with Gasteiger partial charge in [0.25, 0.3) is 0 Å². The fraction of sp³-hybridized carbons (Fsp3) is 0.625. The molecule has 0 aromatic rings. The molecule has 0 unspecified atom stereocenters. The summed E-state index contributed by atoms with van der Waals surface area (Å²) >= 11 is 0. The zero-order valence-corrected chi connectivity index (χ0v) is 7.48. The molecule has 0 aromatic heterocycles.